The van der Waals surface area contributed by atoms with E-state index in [0.29, 0.717) is 5.54 Å². The van der Waals surface area contributed by atoms with E-state index in [1.165, 1.54) is 24.9 Å². The molecule has 0 amide bonds. The van der Waals surface area contributed by atoms with E-state index in [9.17, 15) is 0 Å². The maximum Gasteiger partial charge on any atom is 0.122 e. The summed E-state index contributed by atoms with van der Waals surface area (Å²) in [4.78, 5) is 2.52. The van der Waals surface area contributed by atoms with E-state index in [4.69, 9.17) is 4.42 Å². The average molecular weight is 222 g/mol. The Labute approximate surface area is 97.8 Å². The van der Waals surface area contributed by atoms with Crippen LogP contribution < -0.4 is 5.32 Å². The Bertz CT molecular complexity index is 343. The lowest BCUT2D eigenvalue weighted by Gasteiger charge is -2.30. The van der Waals surface area contributed by atoms with Crippen LogP contribution >= 0.6 is 0 Å². The van der Waals surface area contributed by atoms with Crippen molar-refractivity contribution in [1.29, 1.82) is 0 Å². The average Bonchev–Trinajstić information content (AvgIpc) is 2.77. The highest BCUT2D eigenvalue weighted by molar-refractivity contribution is 5.17. The molecule has 0 aliphatic carbocycles. The normalized spacial score (nSPS) is 20.4. The predicted octanol–water partition coefficient (Wildman–Crippen LogP) is 2.37. The first-order valence-electron chi connectivity index (χ1n) is 6.08. The monoisotopic (exact) mass is 222 g/mol. The summed E-state index contributed by atoms with van der Waals surface area (Å²) in [5.41, 5.74) is 1.61. The van der Waals surface area contributed by atoms with E-state index in [1.54, 1.807) is 6.26 Å². The molecule has 0 spiro atoms. The Morgan fingerprint density at radius 2 is 2.31 bits per heavy atom. The quantitative estimate of drug-likeness (QED) is 0.848. The molecule has 1 saturated heterocycles. The van der Waals surface area contributed by atoms with Gasteiger partial charge in [-0.25, -0.2) is 0 Å². The van der Waals surface area contributed by atoms with Gasteiger partial charge in [0.1, 0.15) is 5.76 Å². The highest BCUT2D eigenvalue weighted by atomic mass is 16.3. The summed E-state index contributed by atoms with van der Waals surface area (Å²) in [6, 6.07) is 2.06. The van der Waals surface area contributed by atoms with Crippen LogP contribution in [0.1, 0.15) is 38.0 Å². The highest BCUT2D eigenvalue weighted by Crippen LogP contribution is 2.30. The number of nitrogens with one attached hydrogen (secondary N) is 1. The van der Waals surface area contributed by atoms with Crippen LogP contribution in [-0.2, 0) is 13.1 Å². The molecule has 0 bridgehead atoms. The number of likely N-dealkylation sites (tertiary alicyclic amines) is 1. The SMILES string of the molecule is CNCc1ccoc1CN1CCCC1(C)C. The fraction of sp³-hybridized carbons (Fsp3) is 0.692. The summed E-state index contributed by atoms with van der Waals surface area (Å²) in [6.07, 6.45) is 4.38. The molecular formula is C13H22N2O. The minimum absolute atomic E-state index is 0.323. The van der Waals surface area contributed by atoms with Crippen molar-refractivity contribution in [3.8, 4) is 0 Å². The minimum Gasteiger partial charge on any atom is -0.468 e. The molecule has 1 aromatic rings. The van der Waals surface area contributed by atoms with Gasteiger partial charge in [0.15, 0.2) is 0 Å². The molecule has 90 valence electrons. The molecule has 16 heavy (non-hydrogen) atoms. The predicted molar refractivity (Wildman–Crippen MR) is 65.2 cm³/mol. The molecule has 0 atom stereocenters. The molecule has 3 heteroatoms. The van der Waals surface area contributed by atoms with E-state index < -0.39 is 0 Å². The molecule has 1 fully saturated rings. The van der Waals surface area contributed by atoms with Crippen LogP contribution in [0.4, 0.5) is 0 Å². The fourth-order valence-electron chi connectivity index (χ4n) is 2.48. The molecule has 0 radical (unpaired) electrons. The maximum absolute atomic E-state index is 5.59. The van der Waals surface area contributed by atoms with Crippen molar-refractivity contribution in [3.05, 3.63) is 23.7 Å². The van der Waals surface area contributed by atoms with E-state index in [1.807, 2.05) is 7.05 Å². The van der Waals surface area contributed by atoms with E-state index in [0.717, 1.165) is 18.8 Å². The van der Waals surface area contributed by atoms with E-state index >= 15 is 0 Å². The van der Waals surface area contributed by atoms with Crippen LogP contribution in [0.3, 0.4) is 0 Å². The summed E-state index contributed by atoms with van der Waals surface area (Å²) in [5, 5.41) is 3.18. The van der Waals surface area contributed by atoms with Gasteiger partial charge in [-0.15, -0.1) is 0 Å². The van der Waals surface area contributed by atoms with Crippen LogP contribution in [-0.4, -0.2) is 24.0 Å². The molecule has 0 aromatic carbocycles. The third kappa shape index (κ3) is 2.30. The maximum atomic E-state index is 5.59. The van der Waals surface area contributed by atoms with Crippen LogP contribution in [0.5, 0.6) is 0 Å². The lowest BCUT2D eigenvalue weighted by molar-refractivity contribution is 0.153. The standard InChI is InChI=1S/C13H22N2O/c1-13(2)6-4-7-15(13)10-12-11(9-14-3)5-8-16-12/h5,8,14H,4,6-7,9-10H2,1-3H3. The van der Waals surface area contributed by atoms with Crippen molar-refractivity contribution in [2.24, 2.45) is 0 Å². The Kier molecular flexibility index (Phi) is 3.36. The second kappa shape index (κ2) is 4.60. The zero-order valence-electron chi connectivity index (χ0n) is 10.5. The third-order valence-electron chi connectivity index (χ3n) is 3.61. The molecule has 1 aliphatic heterocycles. The van der Waals surface area contributed by atoms with Gasteiger partial charge in [0, 0.05) is 17.6 Å². The topological polar surface area (TPSA) is 28.4 Å². The van der Waals surface area contributed by atoms with Crippen LogP contribution in [0.15, 0.2) is 16.7 Å². The number of hydrogen-bond acceptors (Lipinski definition) is 3. The molecular weight excluding hydrogens is 200 g/mol. The highest BCUT2D eigenvalue weighted by Gasteiger charge is 2.32. The van der Waals surface area contributed by atoms with Crippen LogP contribution in [0.2, 0.25) is 0 Å². The van der Waals surface area contributed by atoms with Gasteiger partial charge in [0.25, 0.3) is 0 Å². The number of rotatable bonds is 4. The first kappa shape index (κ1) is 11.7. The van der Waals surface area contributed by atoms with E-state index in [-0.39, 0.29) is 0 Å². The Morgan fingerprint density at radius 3 is 2.94 bits per heavy atom. The van der Waals surface area contributed by atoms with Gasteiger partial charge in [-0.3, -0.25) is 4.90 Å². The van der Waals surface area contributed by atoms with Gasteiger partial charge >= 0.3 is 0 Å². The Balaban J connectivity index is 2.06. The molecule has 0 unspecified atom stereocenters. The third-order valence-corrected chi connectivity index (χ3v) is 3.61. The molecule has 1 aliphatic rings. The fourth-order valence-corrected chi connectivity index (χ4v) is 2.48. The van der Waals surface area contributed by atoms with Crippen molar-refractivity contribution in [1.82, 2.24) is 10.2 Å². The molecule has 0 saturated carbocycles. The summed E-state index contributed by atoms with van der Waals surface area (Å²) in [6.45, 7) is 7.66. The number of nitrogens with zero attached hydrogens (tertiary/aromatic N) is 1. The van der Waals surface area contributed by atoms with Gasteiger partial charge in [0.05, 0.1) is 12.8 Å². The van der Waals surface area contributed by atoms with Gasteiger partial charge in [-0.1, -0.05) is 0 Å². The molecule has 1 aromatic heterocycles. The summed E-state index contributed by atoms with van der Waals surface area (Å²) < 4.78 is 5.59. The van der Waals surface area contributed by atoms with Crippen molar-refractivity contribution in [2.45, 2.75) is 45.3 Å². The lowest BCUT2D eigenvalue weighted by Crippen LogP contribution is -2.37. The van der Waals surface area contributed by atoms with Gasteiger partial charge in [-0.2, -0.15) is 0 Å². The van der Waals surface area contributed by atoms with Crippen molar-refractivity contribution < 1.29 is 4.42 Å². The van der Waals surface area contributed by atoms with Crippen molar-refractivity contribution >= 4 is 0 Å². The van der Waals surface area contributed by atoms with Gasteiger partial charge in [0.2, 0.25) is 0 Å². The zero-order chi connectivity index (χ0) is 11.6. The second-order valence-corrected chi connectivity index (χ2v) is 5.24. The second-order valence-electron chi connectivity index (χ2n) is 5.24. The van der Waals surface area contributed by atoms with Crippen LogP contribution in [0.25, 0.3) is 0 Å². The summed E-state index contributed by atoms with van der Waals surface area (Å²) in [5.74, 6) is 1.12. The first-order chi connectivity index (χ1) is 7.63. The summed E-state index contributed by atoms with van der Waals surface area (Å²) in [7, 11) is 1.97. The minimum atomic E-state index is 0.323. The van der Waals surface area contributed by atoms with Gasteiger partial charge in [-0.05, 0) is 46.3 Å². The van der Waals surface area contributed by atoms with Crippen molar-refractivity contribution in [2.75, 3.05) is 13.6 Å². The first-order valence-corrected chi connectivity index (χ1v) is 6.08. The lowest BCUT2D eigenvalue weighted by atomic mass is 10.0. The molecule has 2 rings (SSSR count). The van der Waals surface area contributed by atoms with Gasteiger partial charge < -0.3 is 9.73 Å². The molecule has 1 N–H and O–H groups in total. The number of furan rings is 1. The summed E-state index contributed by atoms with van der Waals surface area (Å²) >= 11 is 0. The molecule has 2 heterocycles. The molecule has 3 nitrogen and oxygen atoms in total. The van der Waals surface area contributed by atoms with E-state index in [2.05, 4.69) is 30.1 Å². The van der Waals surface area contributed by atoms with Crippen LogP contribution in [0, 0.1) is 0 Å². The zero-order valence-corrected chi connectivity index (χ0v) is 10.5. The number of hydrogen-bond donors (Lipinski definition) is 1. The smallest absolute Gasteiger partial charge is 0.122 e. The largest absolute Gasteiger partial charge is 0.468 e. The van der Waals surface area contributed by atoms with Crippen molar-refractivity contribution in [3.63, 3.8) is 0 Å². The Morgan fingerprint density at radius 1 is 1.50 bits per heavy atom. The Hall–Kier alpha value is -0.800.